The minimum absolute atomic E-state index is 0.572. The fourth-order valence-electron chi connectivity index (χ4n) is 3.76. The van der Waals surface area contributed by atoms with Crippen LogP contribution in [0, 0.1) is 0 Å². The highest BCUT2D eigenvalue weighted by atomic mass is 16.5. The minimum atomic E-state index is -0.734. The quantitative estimate of drug-likeness (QED) is 0.925. The molecule has 3 rings (SSSR count). The maximum Gasteiger partial charge on any atom is 0.107 e. The fraction of sp³-hybridized carbons (Fsp3) is 0.706. The number of hydrogen-bond donors (Lipinski definition) is 1. The summed E-state index contributed by atoms with van der Waals surface area (Å²) < 4.78 is 5.10. The van der Waals surface area contributed by atoms with Crippen LogP contribution in [0.3, 0.4) is 0 Å². The molecule has 1 N–H and O–H groups in total. The van der Waals surface area contributed by atoms with Gasteiger partial charge >= 0.3 is 0 Å². The van der Waals surface area contributed by atoms with Gasteiger partial charge in [0.25, 0.3) is 0 Å². The van der Waals surface area contributed by atoms with Crippen molar-refractivity contribution in [1.29, 1.82) is 0 Å². The molecule has 0 amide bonds. The Labute approximate surface area is 127 Å². The van der Waals surface area contributed by atoms with Crippen molar-refractivity contribution in [3.63, 3.8) is 0 Å². The Morgan fingerprint density at radius 3 is 2.57 bits per heavy atom. The van der Waals surface area contributed by atoms with E-state index in [1.54, 1.807) is 7.11 Å². The molecule has 1 saturated carbocycles. The van der Waals surface area contributed by atoms with Gasteiger partial charge in [-0.05, 0) is 63.2 Å². The molecule has 2 heterocycles. The number of methoxy groups -OCH3 is 1. The van der Waals surface area contributed by atoms with Gasteiger partial charge in [0, 0.05) is 19.3 Å². The zero-order valence-corrected chi connectivity index (χ0v) is 12.9. The van der Waals surface area contributed by atoms with Crippen molar-refractivity contribution >= 4 is 0 Å². The second-order valence-corrected chi connectivity index (χ2v) is 6.49. The number of likely N-dealkylation sites (tertiary alicyclic amines) is 1. The first-order valence-electron chi connectivity index (χ1n) is 8.12. The molecule has 1 aromatic rings. The van der Waals surface area contributed by atoms with Crippen molar-refractivity contribution in [1.82, 2.24) is 9.88 Å². The zero-order valence-electron chi connectivity index (χ0n) is 12.9. The second kappa shape index (κ2) is 6.42. The van der Waals surface area contributed by atoms with E-state index in [-0.39, 0.29) is 0 Å². The van der Waals surface area contributed by atoms with Gasteiger partial charge in [0.1, 0.15) is 5.60 Å². The number of nitrogens with zero attached hydrogens (tertiary/aromatic N) is 2. The van der Waals surface area contributed by atoms with Gasteiger partial charge in [-0.3, -0.25) is 4.98 Å². The monoisotopic (exact) mass is 290 g/mol. The number of hydrogen-bond acceptors (Lipinski definition) is 4. The molecule has 1 aliphatic carbocycles. The van der Waals surface area contributed by atoms with Gasteiger partial charge in [0.15, 0.2) is 0 Å². The smallest absolute Gasteiger partial charge is 0.107 e. The third kappa shape index (κ3) is 3.28. The van der Waals surface area contributed by atoms with Crippen LogP contribution in [-0.4, -0.2) is 41.2 Å². The molecule has 4 heteroatoms. The third-order valence-electron chi connectivity index (χ3n) is 5.05. The molecule has 0 aromatic carbocycles. The molecule has 1 aromatic heterocycles. The van der Waals surface area contributed by atoms with E-state index in [9.17, 15) is 5.11 Å². The van der Waals surface area contributed by atoms with E-state index in [1.165, 1.54) is 25.9 Å². The maximum absolute atomic E-state index is 10.9. The lowest BCUT2D eigenvalue weighted by Gasteiger charge is -2.39. The van der Waals surface area contributed by atoms with E-state index in [0.717, 1.165) is 36.9 Å². The van der Waals surface area contributed by atoms with Crippen molar-refractivity contribution < 1.29 is 9.84 Å². The molecule has 1 saturated heterocycles. The molecule has 1 aliphatic heterocycles. The van der Waals surface area contributed by atoms with Crippen LogP contribution >= 0.6 is 0 Å². The van der Waals surface area contributed by atoms with Gasteiger partial charge in [-0.15, -0.1) is 0 Å². The summed E-state index contributed by atoms with van der Waals surface area (Å²) in [6.07, 6.45) is 8.31. The first kappa shape index (κ1) is 14.9. The first-order valence-corrected chi connectivity index (χ1v) is 8.12. The fourth-order valence-corrected chi connectivity index (χ4v) is 3.76. The van der Waals surface area contributed by atoms with Crippen molar-refractivity contribution in [3.05, 3.63) is 29.6 Å². The van der Waals surface area contributed by atoms with E-state index in [0.29, 0.717) is 12.6 Å². The summed E-state index contributed by atoms with van der Waals surface area (Å²) in [6.45, 7) is 3.06. The SMILES string of the molecule is COCc1ccc([C@]2(O)CC[C@@H](N3CCCC3)CC2)nc1. The molecule has 21 heavy (non-hydrogen) atoms. The topological polar surface area (TPSA) is 45.6 Å². The normalized spacial score (nSPS) is 30.7. The molecule has 0 unspecified atom stereocenters. The predicted octanol–water partition coefficient (Wildman–Crippen LogP) is 2.45. The summed E-state index contributed by atoms with van der Waals surface area (Å²) in [7, 11) is 1.68. The van der Waals surface area contributed by atoms with Crippen molar-refractivity contribution in [2.75, 3.05) is 20.2 Å². The zero-order chi connectivity index (χ0) is 14.7. The van der Waals surface area contributed by atoms with Gasteiger partial charge in [-0.1, -0.05) is 6.07 Å². The second-order valence-electron chi connectivity index (χ2n) is 6.49. The van der Waals surface area contributed by atoms with Gasteiger partial charge in [0.2, 0.25) is 0 Å². The highest BCUT2D eigenvalue weighted by molar-refractivity contribution is 5.19. The minimum Gasteiger partial charge on any atom is -0.384 e. The number of aliphatic hydroxyl groups is 1. The van der Waals surface area contributed by atoms with Crippen molar-refractivity contribution in [3.8, 4) is 0 Å². The Morgan fingerprint density at radius 1 is 1.29 bits per heavy atom. The van der Waals surface area contributed by atoms with Crippen LogP contribution in [0.2, 0.25) is 0 Å². The van der Waals surface area contributed by atoms with Crippen LogP contribution in [0.15, 0.2) is 18.3 Å². The summed E-state index contributed by atoms with van der Waals surface area (Å²) in [6, 6.07) is 4.64. The number of ether oxygens (including phenoxy) is 1. The summed E-state index contributed by atoms with van der Waals surface area (Å²) in [5.41, 5.74) is 1.14. The molecule has 116 valence electrons. The van der Waals surface area contributed by atoms with Crippen molar-refractivity contribution in [2.45, 2.75) is 56.8 Å². The summed E-state index contributed by atoms with van der Waals surface area (Å²) >= 11 is 0. The molecule has 0 spiro atoms. The maximum atomic E-state index is 10.9. The van der Waals surface area contributed by atoms with E-state index in [1.807, 2.05) is 18.3 Å². The van der Waals surface area contributed by atoms with E-state index >= 15 is 0 Å². The van der Waals surface area contributed by atoms with Crippen LogP contribution in [0.1, 0.15) is 49.8 Å². The number of aromatic nitrogens is 1. The van der Waals surface area contributed by atoms with E-state index in [2.05, 4.69) is 9.88 Å². The number of pyridine rings is 1. The first-order chi connectivity index (χ1) is 10.2. The highest BCUT2D eigenvalue weighted by Gasteiger charge is 2.38. The Balaban J connectivity index is 1.62. The summed E-state index contributed by atoms with van der Waals surface area (Å²) in [4.78, 5) is 7.08. The Morgan fingerprint density at radius 2 is 2.00 bits per heavy atom. The summed E-state index contributed by atoms with van der Waals surface area (Å²) in [5.74, 6) is 0. The van der Waals surface area contributed by atoms with Crippen LogP contribution < -0.4 is 0 Å². The van der Waals surface area contributed by atoms with Gasteiger partial charge < -0.3 is 14.7 Å². The van der Waals surface area contributed by atoms with Crippen LogP contribution in [-0.2, 0) is 16.9 Å². The Kier molecular flexibility index (Phi) is 4.57. The molecule has 4 nitrogen and oxygen atoms in total. The molecule has 0 bridgehead atoms. The van der Waals surface area contributed by atoms with Crippen LogP contribution in [0.25, 0.3) is 0 Å². The van der Waals surface area contributed by atoms with E-state index < -0.39 is 5.60 Å². The van der Waals surface area contributed by atoms with Gasteiger partial charge in [0.05, 0.1) is 12.3 Å². The molecule has 0 radical (unpaired) electrons. The lowest BCUT2D eigenvalue weighted by molar-refractivity contribution is -0.0256. The third-order valence-corrected chi connectivity index (χ3v) is 5.05. The van der Waals surface area contributed by atoms with Crippen LogP contribution in [0.5, 0.6) is 0 Å². The largest absolute Gasteiger partial charge is 0.384 e. The Bertz CT molecular complexity index is 446. The lowest BCUT2D eigenvalue weighted by atomic mass is 9.79. The average molecular weight is 290 g/mol. The van der Waals surface area contributed by atoms with Crippen molar-refractivity contribution in [2.24, 2.45) is 0 Å². The lowest BCUT2D eigenvalue weighted by Crippen LogP contribution is -2.41. The predicted molar refractivity (Wildman–Crippen MR) is 81.9 cm³/mol. The van der Waals surface area contributed by atoms with Gasteiger partial charge in [-0.25, -0.2) is 0 Å². The highest BCUT2D eigenvalue weighted by Crippen LogP contribution is 2.38. The number of rotatable bonds is 4. The molecule has 2 aliphatic rings. The molecular weight excluding hydrogens is 264 g/mol. The van der Waals surface area contributed by atoms with Crippen LogP contribution in [0.4, 0.5) is 0 Å². The molecule has 2 fully saturated rings. The Hall–Kier alpha value is -0.970. The van der Waals surface area contributed by atoms with Gasteiger partial charge in [-0.2, -0.15) is 0 Å². The molecule has 0 atom stereocenters. The average Bonchev–Trinajstić information content (AvgIpc) is 3.03. The molecular formula is C17H26N2O2. The van der Waals surface area contributed by atoms with E-state index in [4.69, 9.17) is 4.74 Å². The standard InChI is InChI=1S/C17H26N2O2/c1-21-13-14-4-5-16(18-12-14)17(20)8-6-15(7-9-17)19-10-2-3-11-19/h4-5,12,15,20H,2-3,6-11,13H2,1H3/t15-,17+. The summed E-state index contributed by atoms with van der Waals surface area (Å²) in [5, 5.41) is 10.9.